The Bertz CT molecular complexity index is 1170. The molecule has 1 N–H and O–H groups in total. The van der Waals surface area contributed by atoms with Gasteiger partial charge in [0.25, 0.3) is 0 Å². The predicted molar refractivity (Wildman–Crippen MR) is 131 cm³/mol. The van der Waals surface area contributed by atoms with Crippen LogP contribution < -0.4 is 0 Å². The minimum atomic E-state index is -1.21. The van der Waals surface area contributed by atoms with E-state index in [4.69, 9.17) is 5.10 Å². The third-order valence-corrected chi connectivity index (χ3v) is 8.31. The second-order valence-corrected chi connectivity index (χ2v) is 11.9. The van der Waals surface area contributed by atoms with E-state index in [1.54, 1.807) is 16.5 Å². The molecule has 1 aliphatic carbocycles. The van der Waals surface area contributed by atoms with Crippen molar-refractivity contribution in [2.75, 3.05) is 26.7 Å². The summed E-state index contributed by atoms with van der Waals surface area (Å²) in [5, 5.41) is 20.9. The molecule has 1 spiro atoms. The molecule has 9 heteroatoms. The van der Waals surface area contributed by atoms with Gasteiger partial charge in [-0.05, 0) is 44.2 Å². The topological polar surface area (TPSA) is 96.5 Å². The van der Waals surface area contributed by atoms with Crippen molar-refractivity contribution in [1.29, 1.82) is 0 Å². The van der Waals surface area contributed by atoms with E-state index in [1.807, 2.05) is 22.7 Å². The molecule has 1 fully saturated rings. The zero-order valence-corrected chi connectivity index (χ0v) is 21.8. The average molecular weight is 483 g/mol. The summed E-state index contributed by atoms with van der Waals surface area (Å²) in [5.74, 6) is 0.285. The van der Waals surface area contributed by atoms with E-state index in [2.05, 4.69) is 38.9 Å². The van der Waals surface area contributed by atoms with Gasteiger partial charge in [0, 0.05) is 36.7 Å². The summed E-state index contributed by atoms with van der Waals surface area (Å²) < 4.78 is 3.55. The smallest absolute Gasteiger partial charge is 0.244 e. The van der Waals surface area contributed by atoms with Crippen LogP contribution in [0.5, 0.6) is 0 Å². The van der Waals surface area contributed by atoms with Gasteiger partial charge in [0.2, 0.25) is 11.8 Å². The van der Waals surface area contributed by atoms with E-state index in [0.717, 1.165) is 42.9 Å². The minimum Gasteiger partial charge on any atom is -0.382 e. The van der Waals surface area contributed by atoms with Gasteiger partial charge in [-0.1, -0.05) is 27.7 Å². The van der Waals surface area contributed by atoms with Gasteiger partial charge in [0.1, 0.15) is 18.7 Å². The molecule has 35 heavy (non-hydrogen) atoms. The molecule has 0 aromatic carbocycles. The molecular formula is C26H38N6O3. The number of nitrogens with zero attached hydrogens (tertiary/aromatic N) is 6. The van der Waals surface area contributed by atoms with Crippen molar-refractivity contribution in [1.82, 2.24) is 29.4 Å². The molecule has 2 aromatic heterocycles. The Labute approximate surface area is 207 Å². The SMILES string of the molecule is CCC(C)c1cc2n(n1)CC(=O)N(CC(C)(C)c1cc3n(n1)CC(=O)N(C)CC31CC1)CC2(C)O. The van der Waals surface area contributed by atoms with E-state index in [-0.39, 0.29) is 42.8 Å². The van der Waals surface area contributed by atoms with Crippen molar-refractivity contribution in [3.8, 4) is 0 Å². The molecule has 2 amide bonds. The van der Waals surface area contributed by atoms with Crippen molar-refractivity contribution < 1.29 is 14.7 Å². The van der Waals surface area contributed by atoms with Gasteiger partial charge in [-0.25, -0.2) is 0 Å². The second kappa shape index (κ2) is 7.91. The van der Waals surface area contributed by atoms with Gasteiger partial charge in [-0.3, -0.25) is 19.0 Å². The highest BCUT2D eigenvalue weighted by molar-refractivity contribution is 5.77. The predicted octanol–water partition coefficient (Wildman–Crippen LogP) is 2.12. The minimum absolute atomic E-state index is 0.00682. The van der Waals surface area contributed by atoms with E-state index in [1.165, 1.54) is 0 Å². The van der Waals surface area contributed by atoms with Crippen LogP contribution >= 0.6 is 0 Å². The lowest BCUT2D eigenvalue weighted by Gasteiger charge is -2.34. The fourth-order valence-electron chi connectivity index (χ4n) is 5.64. The Morgan fingerprint density at radius 2 is 1.71 bits per heavy atom. The maximum Gasteiger partial charge on any atom is 0.244 e. The molecule has 1 saturated carbocycles. The summed E-state index contributed by atoms with van der Waals surface area (Å²) in [6.45, 7) is 11.8. The normalized spacial score (nSPS) is 24.8. The molecule has 0 bridgehead atoms. The Kier molecular flexibility index (Phi) is 5.43. The lowest BCUT2D eigenvalue weighted by molar-refractivity contribution is -0.135. The van der Waals surface area contributed by atoms with Crippen LogP contribution in [-0.2, 0) is 39.1 Å². The van der Waals surface area contributed by atoms with Gasteiger partial charge in [-0.2, -0.15) is 10.2 Å². The Hall–Kier alpha value is -2.68. The van der Waals surface area contributed by atoms with Crippen LogP contribution in [0, 0.1) is 0 Å². The number of carbonyl (C=O) groups is 2. The highest BCUT2D eigenvalue weighted by Crippen LogP contribution is 2.50. The highest BCUT2D eigenvalue weighted by atomic mass is 16.3. The number of aliphatic hydroxyl groups is 1. The molecular weight excluding hydrogens is 444 g/mol. The first kappa shape index (κ1) is 24.0. The number of amides is 2. The number of hydrogen-bond acceptors (Lipinski definition) is 5. The average Bonchev–Trinajstić information content (AvgIpc) is 3.26. The number of likely N-dealkylation sites (N-methyl/N-ethyl adjacent to an activating group) is 1. The summed E-state index contributed by atoms with van der Waals surface area (Å²) in [7, 11) is 1.87. The first-order chi connectivity index (χ1) is 16.3. The first-order valence-electron chi connectivity index (χ1n) is 12.8. The largest absolute Gasteiger partial charge is 0.382 e. The van der Waals surface area contributed by atoms with Gasteiger partial charge in [0.05, 0.1) is 23.6 Å². The van der Waals surface area contributed by atoms with Crippen LogP contribution in [0.1, 0.15) is 82.6 Å². The lowest BCUT2D eigenvalue weighted by atomic mass is 9.87. The van der Waals surface area contributed by atoms with Crippen LogP contribution in [0.15, 0.2) is 12.1 Å². The number of hydrogen-bond donors (Lipinski definition) is 1. The standard InChI is InChI=1S/C26H38N6O3/c1-7-17(2)18-10-20-25(5,35)15-30(23(34)13-31(20)27-18)14-24(3,4)19-11-21-26(8-9-26)16-29(6)22(33)12-32(21)28-19/h10-11,17,35H,7-9,12-16H2,1-6H3. The molecule has 0 saturated heterocycles. The molecule has 2 aromatic rings. The Morgan fingerprint density at radius 1 is 1.06 bits per heavy atom. The first-order valence-corrected chi connectivity index (χ1v) is 12.8. The summed E-state index contributed by atoms with van der Waals surface area (Å²) >= 11 is 0. The van der Waals surface area contributed by atoms with Crippen LogP contribution in [0.3, 0.4) is 0 Å². The van der Waals surface area contributed by atoms with Gasteiger partial charge in [-0.15, -0.1) is 0 Å². The number of aromatic nitrogens is 4. The number of fused-ring (bicyclic) bond motifs is 3. The molecule has 2 atom stereocenters. The van der Waals surface area contributed by atoms with Gasteiger partial charge < -0.3 is 14.9 Å². The van der Waals surface area contributed by atoms with Crippen molar-refractivity contribution in [3.63, 3.8) is 0 Å². The molecule has 4 heterocycles. The van der Waals surface area contributed by atoms with Gasteiger partial charge >= 0.3 is 0 Å². The molecule has 3 aliphatic rings. The molecule has 190 valence electrons. The van der Waals surface area contributed by atoms with Crippen molar-refractivity contribution >= 4 is 11.8 Å². The summed E-state index contributed by atoms with van der Waals surface area (Å²) in [6, 6.07) is 4.09. The molecule has 2 unspecified atom stereocenters. The summed E-state index contributed by atoms with van der Waals surface area (Å²) in [4.78, 5) is 29.5. The van der Waals surface area contributed by atoms with Crippen molar-refractivity contribution in [2.45, 2.75) is 89.3 Å². The third-order valence-electron chi connectivity index (χ3n) is 8.31. The zero-order chi connectivity index (χ0) is 25.3. The van der Waals surface area contributed by atoms with Crippen LogP contribution in [0.4, 0.5) is 0 Å². The lowest BCUT2D eigenvalue weighted by Crippen LogP contribution is -2.46. The van der Waals surface area contributed by atoms with Crippen LogP contribution in [-0.4, -0.2) is 73.0 Å². The van der Waals surface area contributed by atoms with E-state index in [9.17, 15) is 14.7 Å². The fourth-order valence-corrected chi connectivity index (χ4v) is 5.64. The van der Waals surface area contributed by atoms with Crippen LogP contribution in [0.25, 0.3) is 0 Å². The van der Waals surface area contributed by atoms with Crippen LogP contribution in [0.2, 0.25) is 0 Å². The zero-order valence-electron chi connectivity index (χ0n) is 21.8. The fraction of sp³-hybridized carbons (Fsp3) is 0.692. The number of carbonyl (C=O) groups excluding carboxylic acids is 2. The number of rotatable bonds is 5. The molecule has 0 radical (unpaired) electrons. The quantitative estimate of drug-likeness (QED) is 0.704. The van der Waals surface area contributed by atoms with E-state index < -0.39 is 11.0 Å². The maximum absolute atomic E-state index is 13.3. The van der Waals surface area contributed by atoms with E-state index in [0.29, 0.717) is 12.2 Å². The maximum atomic E-state index is 13.3. The Morgan fingerprint density at radius 3 is 2.37 bits per heavy atom. The number of β-amino-alcohol motifs (C(OH)–C–C–N with tert-alkyl or cyclic N) is 1. The van der Waals surface area contributed by atoms with Crippen molar-refractivity contribution in [3.05, 3.63) is 34.9 Å². The molecule has 2 aliphatic heterocycles. The Balaban J connectivity index is 1.40. The second-order valence-electron chi connectivity index (χ2n) is 11.9. The van der Waals surface area contributed by atoms with Gasteiger partial charge in [0.15, 0.2) is 0 Å². The van der Waals surface area contributed by atoms with E-state index >= 15 is 0 Å². The third kappa shape index (κ3) is 4.07. The molecule has 5 rings (SSSR count). The highest BCUT2D eigenvalue weighted by Gasteiger charge is 2.50. The monoisotopic (exact) mass is 482 g/mol. The van der Waals surface area contributed by atoms with Crippen molar-refractivity contribution in [2.24, 2.45) is 0 Å². The summed E-state index contributed by atoms with van der Waals surface area (Å²) in [5.41, 5.74) is 1.96. The molecule has 9 nitrogen and oxygen atoms in total. The summed E-state index contributed by atoms with van der Waals surface area (Å²) in [6.07, 6.45) is 3.08.